The monoisotopic (exact) mass is 195 g/mol. The van der Waals surface area contributed by atoms with Crippen LogP contribution in [-0.4, -0.2) is 5.71 Å². The second-order valence-electron chi connectivity index (χ2n) is 5.14. The summed E-state index contributed by atoms with van der Waals surface area (Å²) in [6, 6.07) is 0. The molecule has 14 heavy (non-hydrogen) atoms. The number of allylic oxidation sites excluding steroid dienone is 2. The van der Waals surface area contributed by atoms with Gasteiger partial charge in [0.05, 0.1) is 0 Å². The third-order valence-electron chi connectivity index (χ3n) is 2.39. The molecule has 0 aliphatic rings. The summed E-state index contributed by atoms with van der Waals surface area (Å²) in [4.78, 5) is 4.71. The zero-order chi connectivity index (χ0) is 11.4. The maximum Gasteiger partial charge on any atom is 0.0388 e. The van der Waals surface area contributed by atoms with E-state index in [0.717, 1.165) is 6.42 Å². The van der Waals surface area contributed by atoms with E-state index in [9.17, 15) is 0 Å². The van der Waals surface area contributed by atoms with Crippen molar-refractivity contribution in [3.63, 3.8) is 0 Å². The number of nitrogens with zero attached hydrogens (tertiary/aromatic N) is 1. The van der Waals surface area contributed by atoms with Crippen molar-refractivity contribution in [1.82, 2.24) is 0 Å². The molecule has 0 amide bonds. The van der Waals surface area contributed by atoms with E-state index in [0.29, 0.717) is 5.92 Å². The summed E-state index contributed by atoms with van der Waals surface area (Å²) in [5.41, 5.74) is 2.62. The molecule has 0 bridgehead atoms. The smallest absolute Gasteiger partial charge is 0.0388 e. The molecular formula is C13H25N. The molecule has 0 aromatic rings. The van der Waals surface area contributed by atoms with Gasteiger partial charge in [0.2, 0.25) is 0 Å². The molecule has 0 rings (SSSR count). The van der Waals surface area contributed by atoms with E-state index in [1.54, 1.807) is 0 Å². The van der Waals surface area contributed by atoms with Crippen LogP contribution in [0.4, 0.5) is 0 Å². The van der Waals surface area contributed by atoms with Gasteiger partial charge in [-0.3, -0.25) is 4.99 Å². The van der Waals surface area contributed by atoms with Crippen LogP contribution in [0.25, 0.3) is 0 Å². The Morgan fingerprint density at radius 1 is 1.29 bits per heavy atom. The minimum absolute atomic E-state index is 0.182. The molecule has 0 aromatic heterocycles. The lowest BCUT2D eigenvalue weighted by Crippen LogP contribution is -2.17. The van der Waals surface area contributed by atoms with Crippen LogP contribution in [0.5, 0.6) is 0 Å². The summed E-state index contributed by atoms with van der Waals surface area (Å²) in [5.74, 6) is 0.521. The van der Waals surface area contributed by atoms with Crippen LogP contribution in [0.15, 0.2) is 16.8 Å². The predicted octanol–water partition coefficient (Wildman–Crippen LogP) is 4.44. The van der Waals surface area contributed by atoms with Crippen LogP contribution in [0, 0.1) is 11.3 Å². The summed E-state index contributed by atoms with van der Waals surface area (Å²) in [5, 5.41) is 0. The Balaban J connectivity index is 4.83. The standard InChI is InChI=1S/C13H25N/c1-8-9-12(10(2)3)14-11(4)13(5,6)7/h9-10H,8H2,1-7H3/b12-9-,14-11+. The minimum atomic E-state index is 0.182. The summed E-state index contributed by atoms with van der Waals surface area (Å²) in [6.45, 7) is 15.3. The lowest BCUT2D eigenvalue weighted by molar-refractivity contribution is 0.584. The van der Waals surface area contributed by atoms with E-state index >= 15 is 0 Å². The highest BCUT2D eigenvalue weighted by Crippen LogP contribution is 2.20. The fourth-order valence-corrected chi connectivity index (χ4v) is 0.981. The molecule has 1 nitrogen and oxygen atoms in total. The van der Waals surface area contributed by atoms with Crippen LogP contribution in [0.2, 0.25) is 0 Å². The average Bonchev–Trinajstić information content (AvgIpc) is 2.01. The molecule has 0 saturated heterocycles. The van der Waals surface area contributed by atoms with Gasteiger partial charge in [-0.15, -0.1) is 0 Å². The highest BCUT2D eigenvalue weighted by atomic mass is 14.8. The van der Waals surface area contributed by atoms with Crippen molar-refractivity contribution < 1.29 is 0 Å². The zero-order valence-electron chi connectivity index (χ0n) is 10.8. The molecule has 0 atom stereocenters. The Kier molecular flexibility index (Phi) is 5.11. The van der Waals surface area contributed by atoms with Gasteiger partial charge in [-0.2, -0.15) is 0 Å². The summed E-state index contributed by atoms with van der Waals surface area (Å²) in [7, 11) is 0. The molecule has 0 aliphatic carbocycles. The van der Waals surface area contributed by atoms with Gasteiger partial charge in [0.1, 0.15) is 0 Å². The topological polar surface area (TPSA) is 12.4 Å². The molecule has 0 aliphatic heterocycles. The lowest BCUT2D eigenvalue weighted by Gasteiger charge is -2.19. The Morgan fingerprint density at radius 2 is 1.79 bits per heavy atom. The quantitative estimate of drug-likeness (QED) is 0.590. The SMILES string of the molecule is CC/C=C(\N=C(/C)C(C)(C)C)C(C)C. The number of hydrogen-bond donors (Lipinski definition) is 0. The number of hydrogen-bond acceptors (Lipinski definition) is 1. The average molecular weight is 195 g/mol. The highest BCUT2D eigenvalue weighted by molar-refractivity contribution is 5.87. The second-order valence-corrected chi connectivity index (χ2v) is 5.14. The molecule has 0 spiro atoms. The molecule has 1 heteroatoms. The highest BCUT2D eigenvalue weighted by Gasteiger charge is 2.15. The second kappa shape index (κ2) is 5.33. The molecule has 0 radical (unpaired) electrons. The Hall–Kier alpha value is -0.590. The third kappa shape index (κ3) is 4.59. The normalized spacial score (nSPS) is 15.1. The first-order valence-electron chi connectivity index (χ1n) is 5.54. The van der Waals surface area contributed by atoms with E-state index in [1.165, 1.54) is 11.4 Å². The van der Waals surface area contributed by atoms with Crippen molar-refractivity contribution in [2.24, 2.45) is 16.3 Å². The first kappa shape index (κ1) is 13.4. The molecule has 0 saturated carbocycles. The van der Waals surface area contributed by atoms with Crippen molar-refractivity contribution in [2.45, 2.75) is 54.9 Å². The summed E-state index contributed by atoms with van der Waals surface area (Å²) < 4.78 is 0. The van der Waals surface area contributed by atoms with Gasteiger partial charge in [-0.05, 0) is 24.7 Å². The Morgan fingerprint density at radius 3 is 2.07 bits per heavy atom. The van der Waals surface area contributed by atoms with Crippen LogP contribution >= 0.6 is 0 Å². The predicted molar refractivity (Wildman–Crippen MR) is 65.8 cm³/mol. The van der Waals surface area contributed by atoms with Crippen molar-refractivity contribution in [1.29, 1.82) is 0 Å². The molecule has 0 unspecified atom stereocenters. The van der Waals surface area contributed by atoms with E-state index < -0.39 is 0 Å². The number of aliphatic imine (C=N–C) groups is 1. The van der Waals surface area contributed by atoms with Crippen molar-refractivity contribution in [3.05, 3.63) is 11.8 Å². The van der Waals surface area contributed by atoms with Crippen LogP contribution in [-0.2, 0) is 0 Å². The molecular weight excluding hydrogens is 170 g/mol. The van der Waals surface area contributed by atoms with Crippen molar-refractivity contribution >= 4 is 5.71 Å². The first-order valence-corrected chi connectivity index (χ1v) is 5.54. The zero-order valence-corrected chi connectivity index (χ0v) is 10.8. The van der Waals surface area contributed by atoms with Gasteiger partial charge in [0, 0.05) is 11.4 Å². The lowest BCUT2D eigenvalue weighted by atomic mass is 9.91. The Bertz CT molecular complexity index is 226. The van der Waals surface area contributed by atoms with Gasteiger partial charge in [-0.25, -0.2) is 0 Å². The fraction of sp³-hybridized carbons (Fsp3) is 0.769. The first-order chi connectivity index (χ1) is 6.29. The maximum absolute atomic E-state index is 4.71. The fourth-order valence-electron chi connectivity index (χ4n) is 0.981. The van der Waals surface area contributed by atoms with Crippen LogP contribution in [0.3, 0.4) is 0 Å². The molecule has 0 fully saturated rings. The van der Waals surface area contributed by atoms with E-state index in [-0.39, 0.29) is 5.41 Å². The van der Waals surface area contributed by atoms with Crippen LogP contribution in [0.1, 0.15) is 54.9 Å². The summed E-state index contributed by atoms with van der Waals surface area (Å²) in [6.07, 6.45) is 3.29. The van der Waals surface area contributed by atoms with Gasteiger partial charge in [0.25, 0.3) is 0 Å². The summed E-state index contributed by atoms with van der Waals surface area (Å²) >= 11 is 0. The van der Waals surface area contributed by atoms with Gasteiger partial charge < -0.3 is 0 Å². The molecule has 0 aromatic carbocycles. The van der Waals surface area contributed by atoms with E-state index in [2.05, 4.69) is 54.5 Å². The maximum atomic E-state index is 4.71. The van der Waals surface area contributed by atoms with E-state index in [1.807, 2.05) is 0 Å². The molecule has 0 N–H and O–H groups in total. The van der Waals surface area contributed by atoms with Crippen molar-refractivity contribution in [2.75, 3.05) is 0 Å². The number of rotatable bonds is 3. The van der Waals surface area contributed by atoms with Crippen molar-refractivity contribution in [3.8, 4) is 0 Å². The van der Waals surface area contributed by atoms with Gasteiger partial charge >= 0.3 is 0 Å². The van der Waals surface area contributed by atoms with E-state index in [4.69, 9.17) is 4.99 Å². The van der Waals surface area contributed by atoms with Gasteiger partial charge in [0.15, 0.2) is 0 Å². The Labute approximate surface area is 89.3 Å². The van der Waals surface area contributed by atoms with Gasteiger partial charge in [-0.1, -0.05) is 47.6 Å². The molecule has 82 valence electrons. The minimum Gasteiger partial charge on any atom is -0.262 e. The largest absolute Gasteiger partial charge is 0.262 e. The third-order valence-corrected chi connectivity index (χ3v) is 2.39. The van der Waals surface area contributed by atoms with Crippen LogP contribution < -0.4 is 0 Å². The molecule has 0 heterocycles.